The second-order valence-electron chi connectivity index (χ2n) is 1.91. The third-order valence-corrected chi connectivity index (χ3v) is 0.957. The number of rotatable bonds is 6. The lowest BCUT2D eigenvalue weighted by Gasteiger charge is -2.06. The molecule has 0 heterocycles. The fraction of sp³-hybridized carbons (Fsp3) is 1.00. The van der Waals surface area contributed by atoms with Gasteiger partial charge < -0.3 is 0 Å². The predicted octanol–water partition coefficient (Wildman–Crippen LogP) is 1.46. The zero-order chi connectivity index (χ0) is 7.82. The van der Waals surface area contributed by atoms with Crippen molar-refractivity contribution in [1.29, 1.82) is 0 Å². The Morgan fingerprint density at radius 1 is 1.40 bits per heavy atom. The Labute approximate surface area is 59.2 Å². The van der Waals surface area contributed by atoms with Gasteiger partial charge in [-0.05, 0) is 28.5 Å². The van der Waals surface area contributed by atoms with Crippen LogP contribution in [0.15, 0.2) is 0 Å². The lowest BCUT2D eigenvalue weighted by molar-refractivity contribution is -0.706. The van der Waals surface area contributed by atoms with Crippen LogP contribution in [-0.2, 0) is 20.0 Å². The Balaban J connectivity index is 2.97. The monoisotopic (exact) mass is 152 g/mol. The van der Waals surface area contributed by atoms with Gasteiger partial charge in [0, 0.05) is 0 Å². The topological polar surface area (TPSA) is 57.2 Å². The molecule has 0 aromatic carbocycles. The van der Waals surface area contributed by atoms with Crippen molar-refractivity contribution in [2.24, 2.45) is 0 Å². The maximum Gasteiger partial charge on any atom is 0.0934 e. The molecule has 5 heteroatoms. The summed E-state index contributed by atoms with van der Waals surface area (Å²) in [4.78, 5) is 4.52. The summed E-state index contributed by atoms with van der Waals surface area (Å²) < 4.78 is 0. The molecular formula is C5H12O5. The quantitative estimate of drug-likeness (QED) is 0.354. The summed E-state index contributed by atoms with van der Waals surface area (Å²) >= 11 is 0. The van der Waals surface area contributed by atoms with Gasteiger partial charge in [0.15, 0.2) is 0 Å². The highest BCUT2D eigenvalue weighted by molar-refractivity contribution is 4.42. The molecule has 1 N–H and O–H groups in total. The van der Waals surface area contributed by atoms with Crippen LogP contribution in [0, 0.1) is 0 Å². The maximum absolute atomic E-state index is 7.58. The van der Waals surface area contributed by atoms with Gasteiger partial charge in [-0.15, -0.1) is 0 Å². The molecule has 0 spiro atoms. The molecule has 0 aliphatic heterocycles. The van der Waals surface area contributed by atoms with Gasteiger partial charge in [-0.1, -0.05) is 13.3 Å². The lowest BCUT2D eigenvalue weighted by Crippen LogP contribution is -2.08. The Kier molecular flexibility index (Phi) is 6.78. The van der Waals surface area contributed by atoms with Crippen LogP contribution in [0.25, 0.3) is 0 Å². The summed E-state index contributed by atoms with van der Waals surface area (Å²) in [6.45, 7) is 3.83. The molecule has 1 atom stereocenters. The summed E-state index contributed by atoms with van der Waals surface area (Å²) in [7, 11) is 0. The van der Waals surface area contributed by atoms with Crippen molar-refractivity contribution in [1.82, 2.24) is 0 Å². The molecule has 0 fully saturated rings. The van der Waals surface area contributed by atoms with Gasteiger partial charge in [0.1, 0.15) is 0 Å². The number of hydrogen-bond donors (Lipinski definition) is 1. The van der Waals surface area contributed by atoms with Crippen LogP contribution in [-0.4, -0.2) is 11.4 Å². The second kappa shape index (κ2) is 6.91. The van der Waals surface area contributed by atoms with Gasteiger partial charge in [-0.3, -0.25) is 0 Å². The van der Waals surface area contributed by atoms with Crippen molar-refractivity contribution in [2.75, 3.05) is 0 Å². The lowest BCUT2D eigenvalue weighted by atomic mass is 10.2. The fourth-order valence-corrected chi connectivity index (χ4v) is 0.550. The Hall–Kier alpha value is -0.200. The van der Waals surface area contributed by atoms with Crippen LogP contribution in [0.1, 0.15) is 26.7 Å². The molecule has 0 radical (unpaired) electrons. The molecular weight excluding hydrogens is 140 g/mol. The molecule has 0 aliphatic carbocycles. The van der Waals surface area contributed by atoms with E-state index >= 15 is 0 Å². The Morgan fingerprint density at radius 2 is 2.10 bits per heavy atom. The van der Waals surface area contributed by atoms with E-state index in [2.05, 4.69) is 20.0 Å². The van der Waals surface area contributed by atoms with E-state index in [0.717, 1.165) is 12.8 Å². The molecule has 0 rings (SSSR count). The van der Waals surface area contributed by atoms with Crippen molar-refractivity contribution in [3.8, 4) is 0 Å². The summed E-state index contributed by atoms with van der Waals surface area (Å²) in [5.41, 5.74) is 0. The molecule has 0 amide bonds. The molecule has 0 saturated carbocycles. The summed E-state index contributed by atoms with van der Waals surface area (Å²) in [6, 6.07) is 0. The average Bonchev–Trinajstić information content (AvgIpc) is 1.89. The first-order valence-electron chi connectivity index (χ1n) is 3.11. The largest absolute Gasteiger partial charge is 0.219 e. The first kappa shape index (κ1) is 9.80. The Bertz CT molecular complexity index is 67.1. The van der Waals surface area contributed by atoms with E-state index in [1.807, 2.05) is 13.8 Å². The standard InChI is InChI=1S/C5H12O5/c1-3-4-5(2)7-9-10-8-6/h5-6H,3-4H2,1-2H3. The van der Waals surface area contributed by atoms with E-state index in [9.17, 15) is 0 Å². The van der Waals surface area contributed by atoms with Crippen LogP contribution in [0.4, 0.5) is 0 Å². The van der Waals surface area contributed by atoms with Crippen molar-refractivity contribution in [2.45, 2.75) is 32.8 Å². The molecule has 1 unspecified atom stereocenters. The van der Waals surface area contributed by atoms with Gasteiger partial charge in [0.25, 0.3) is 0 Å². The molecule has 5 nitrogen and oxygen atoms in total. The third kappa shape index (κ3) is 5.93. The summed E-state index contributed by atoms with van der Waals surface area (Å²) in [6.07, 6.45) is 1.78. The zero-order valence-electron chi connectivity index (χ0n) is 6.07. The molecule has 0 saturated heterocycles. The smallest absolute Gasteiger partial charge is 0.0934 e. The van der Waals surface area contributed by atoms with Crippen molar-refractivity contribution >= 4 is 0 Å². The molecule has 0 aromatic heterocycles. The first-order chi connectivity index (χ1) is 4.81. The molecule has 0 aromatic rings. The van der Waals surface area contributed by atoms with Crippen LogP contribution in [0.3, 0.4) is 0 Å². The summed E-state index contributed by atoms with van der Waals surface area (Å²) in [5.74, 6) is 0. The molecule has 0 bridgehead atoms. The average molecular weight is 152 g/mol. The van der Waals surface area contributed by atoms with Crippen LogP contribution in [0.5, 0.6) is 0 Å². The summed E-state index contributed by atoms with van der Waals surface area (Å²) in [5, 5.41) is 18.2. The van der Waals surface area contributed by atoms with Crippen molar-refractivity contribution in [3.05, 3.63) is 0 Å². The second-order valence-corrected chi connectivity index (χ2v) is 1.91. The van der Waals surface area contributed by atoms with Gasteiger partial charge in [0.05, 0.1) is 6.10 Å². The zero-order valence-corrected chi connectivity index (χ0v) is 6.07. The van der Waals surface area contributed by atoms with E-state index < -0.39 is 0 Å². The van der Waals surface area contributed by atoms with E-state index in [4.69, 9.17) is 5.26 Å². The van der Waals surface area contributed by atoms with Gasteiger partial charge in [-0.2, -0.15) is 0 Å². The molecule has 10 heavy (non-hydrogen) atoms. The minimum Gasteiger partial charge on any atom is -0.219 e. The highest BCUT2D eigenvalue weighted by atomic mass is 17.8. The van der Waals surface area contributed by atoms with Crippen molar-refractivity contribution < 1.29 is 25.3 Å². The Morgan fingerprint density at radius 3 is 2.60 bits per heavy atom. The minimum absolute atomic E-state index is 0.0693. The first-order valence-corrected chi connectivity index (χ1v) is 3.11. The number of hydrogen-bond acceptors (Lipinski definition) is 5. The molecule has 0 aliphatic rings. The minimum atomic E-state index is -0.0693. The van der Waals surface area contributed by atoms with Gasteiger partial charge in [-0.25, -0.2) is 10.1 Å². The fourth-order valence-electron chi connectivity index (χ4n) is 0.550. The van der Waals surface area contributed by atoms with E-state index in [0.29, 0.717) is 0 Å². The third-order valence-electron chi connectivity index (χ3n) is 0.957. The normalized spacial score (nSPS) is 13.5. The highest BCUT2D eigenvalue weighted by Crippen LogP contribution is 2.00. The maximum atomic E-state index is 7.58. The van der Waals surface area contributed by atoms with E-state index in [1.165, 1.54) is 0 Å². The highest BCUT2D eigenvalue weighted by Gasteiger charge is 2.01. The van der Waals surface area contributed by atoms with E-state index in [-0.39, 0.29) is 6.10 Å². The molecule has 62 valence electrons. The van der Waals surface area contributed by atoms with Gasteiger partial charge in [0.2, 0.25) is 0 Å². The van der Waals surface area contributed by atoms with Crippen LogP contribution < -0.4 is 0 Å². The SMILES string of the molecule is CCCC(C)OOOOO. The van der Waals surface area contributed by atoms with Gasteiger partial charge >= 0.3 is 0 Å². The van der Waals surface area contributed by atoms with E-state index in [1.54, 1.807) is 0 Å². The van der Waals surface area contributed by atoms with Crippen molar-refractivity contribution in [3.63, 3.8) is 0 Å². The van der Waals surface area contributed by atoms with Crippen LogP contribution >= 0.6 is 0 Å². The predicted molar refractivity (Wildman–Crippen MR) is 31.3 cm³/mol. The van der Waals surface area contributed by atoms with Crippen LogP contribution in [0.2, 0.25) is 0 Å².